The lowest BCUT2D eigenvalue weighted by atomic mass is 10.3. The maximum absolute atomic E-state index is 5.72. The van der Waals surface area contributed by atoms with Crippen LogP contribution in [0.2, 0.25) is 0 Å². The normalized spacial score (nSPS) is 11.2. The highest BCUT2D eigenvalue weighted by molar-refractivity contribution is 5.32. The van der Waals surface area contributed by atoms with E-state index in [1.54, 1.807) is 0 Å². The predicted molar refractivity (Wildman–Crippen MR) is 61.6 cm³/mol. The summed E-state index contributed by atoms with van der Waals surface area (Å²) in [4.78, 5) is 2.36. The summed E-state index contributed by atoms with van der Waals surface area (Å²) in [5.74, 6) is 0.567. The van der Waals surface area contributed by atoms with Crippen LogP contribution in [0.1, 0.15) is 26.5 Å². The summed E-state index contributed by atoms with van der Waals surface area (Å²) in [6.45, 7) is 10.4. The number of anilines is 1. The average Bonchev–Trinajstić information content (AvgIpc) is 2.61. The number of nitrogens with zero attached hydrogens (tertiary/aromatic N) is 4. The summed E-state index contributed by atoms with van der Waals surface area (Å²) in [7, 11) is 0. The Morgan fingerprint density at radius 1 is 1.27 bits per heavy atom. The molecule has 0 amide bonds. The van der Waals surface area contributed by atoms with Gasteiger partial charge in [0.05, 0.1) is 12.2 Å². The van der Waals surface area contributed by atoms with Crippen LogP contribution in [0.4, 0.5) is 5.82 Å². The van der Waals surface area contributed by atoms with Crippen LogP contribution >= 0.6 is 0 Å². The van der Waals surface area contributed by atoms with Gasteiger partial charge < -0.3 is 10.6 Å². The van der Waals surface area contributed by atoms with Crippen LogP contribution in [0, 0.1) is 0 Å². The molecule has 86 valence electrons. The van der Waals surface area contributed by atoms with E-state index in [1.807, 2.05) is 4.68 Å². The second kappa shape index (κ2) is 5.70. The lowest BCUT2D eigenvalue weighted by Gasteiger charge is -2.17. The molecule has 0 radical (unpaired) electrons. The summed E-state index contributed by atoms with van der Waals surface area (Å²) in [5.41, 5.74) is 6.76. The first-order chi connectivity index (χ1) is 7.22. The number of rotatable bonds is 6. The van der Waals surface area contributed by atoms with Crippen LogP contribution in [0.25, 0.3) is 0 Å². The van der Waals surface area contributed by atoms with E-state index >= 15 is 0 Å². The van der Waals surface area contributed by atoms with Crippen molar-refractivity contribution in [3.05, 3.63) is 5.69 Å². The molecule has 0 saturated heterocycles. The van der Waals surface area contributed by atoms with Gasteiger partial charge in [0.2, 0.25) is 0 Å². The van der Waals surface area contributed by atoms with Crippen LogP contribution in [0.5, 0.6) is 0 Å². The molecule has 15 heavy (non-hydrogen) atoms. The first-order valence-corrected chi connectivity index (χ1v) is 5.63. The highest BCUT2D eigenvalue weighted by Crippen LogP contribution is 2.07. The Kier molecular flexibility index (Phi) is 4.55. The van der Waals surface area contributed by atoms with Crippen LogP contribution in [-0.2, 0) is 13.0 Å². The van der Waals surface area contributed by atoms with Crippen LogP contribution in [0.3, 0.4) is 0 Å². The van der Waals surface area contributed by atoms with Crippen molar-refractivity contribution in [2.24, 2.45) is 0 Å². The fraction of sp³-hybridized carbons (Fsp3) is 0.800. The molecule has 0 aliphatic heterocycles. The van der Waals surface area contributed by atoms with Gasteiger partial charge in [-0.25, -0.2) is 4.68 Å². The van der Waals surface area contributed by atoms with E-state index in [9.17, 15) is 0 Å². The molecule has 0 saturated carbocycles. The Morgan fingerprint density at radius 3 is 2.47 bits per heavy atom. The molecular formula is C10H21N5. The van der Waals surface area contributed by atoms with Crippen molar-refractivity contribution in [3.63, 3.8) is 0 Å². The van der Waals surface area contributed by atoms with Crippen molar-refractivity contribution >= 4 is 5.82 Å². The summed E-state index contributed by atoms with van der Waals surface area (Å²) < 4.78 is 1.91. The minimum absolute atomic E-state index is 0.567. The maximum atomic E-state index is 5.72. The molecule has 0 aliphatic carbocycles. The predicted octanol–water partition coefficient (Wildman–Crippen LogP) is 0.764. The van der Waals surface area contributed by atoms with Crippen molar-refractivity contribution in [1.29, 1.82) is 0 Å². The molecule has 0 aromatic carbocycles. The molecule has 0 fully saturated rings. The Balaban J connectivity index is 2.56. The van der Waals surface area contributed by atoms with Gasteiger partial charge in [-0.2, -0.15) is 0 Å². The SMILES string of the molecule is CCc1c(N)nnn1CCN(CC)CC. The second-order valence-corrected chi connectivity index (χ2v) is 3.52. The molecule has 5 heteroatoms. The highest BCUT2D eigenvalue weighted by Gasteiger charge is 2.08. The Morgan fingerprint density at radius 2 is 1.93 bits per heavy atom. The van der Waals surface area contributed by atoms with Crippen LogP contribution < -0.4 is 5.73 Å². The number of nitrogens with two attached hydrogens (primary N) is 1. The molecule has 0 aliphatic rings. The summed E-state index contributed by atoms with van der Waals surface area (Å²) >= 11 is 0. The Labute approximate surface area is 91.2 Å². The number of hydrogen-bond acceptors (Lipinski definition) is 4. The number of likely N-dealkylation sites (N-methyl/N-ethyl adjacent to an activating group) is 1. The van der Waals surface area contributed by atoms with Crippen molar-refractivity contribution in [1.82, 2.24) is 19.9 Å². The Bertz CT molecular complexity index is 290. The van der Waals surface area contributed by atoms with Gasteiger partial charge in [-0.3, -0.25) is 0 Å². The van der Waals surface area contributed by atoms with Gasteiger partial charge in [0.1, 0.15) is 0 Å². The van der Waals surface area contributed by atoms with Crippen LogP contribution in [0.15, 0.2) is 0 Å². The van der Waals surface area contributed by atoms with E-state index in [0.29, 0.717) is 5.82 Å². The molecule has 5 nitrogen and oxygen atoms in total. The van der Waals surface area contributed by atoms with E-state index < -0.39 is 0 Å². The zero-order chi connectivity index (χ0) is 11.3. The average molecular weight is 211 g/mol. The first kappa shape index (κ1) is 12.0. The van der Waals surface area contributed by atoms with Crippen molar-refractivity contribution < 1.29 is 0 Å². The molecule has 0 spiro atoms. The number of aromatic nitrogens is 3. The standard InChI is InChI=1S/C10H21N5/c1-4-9-10(11)12-13-15(9)8-7-14(5-2)6-3/h4-8,11H2,1-3H3. The number of nitrogen functional groups attached to an aromatic ring is 1. The van der Waals surface area contributed by atoms with E-state index in [1.165, 1.54) is 0 Å². The molecule has 1 rings (SSSR count). The lowest BCUT2D eigenvalue weighted by molar-refractivity contribution is 0.282. The zero-order valence-corrected chi connectivity index (χ0v) is 9.90. The van der Waals surface area contributed by atoms with E-state index in [4.69, 9.17) is 5.73 Å². The third kappa shape index (κ3) is 2.92. The van der Waals surface area contributed by atoms with Gasteiger partial charge in [-0.15, -0.1) is 5.10 Å². The van der Waals surface area contributed by atoms with Gasteiger partial charge >= 0.3 is 0 Å². The van der Waals surface area contributed by atoms with Crippen molar-refractivity contribution in [2.45, 2.75) is 33.7 Å². The maximum Gasteiger partial charge on any atom is 0.169 e. The van der Waals surface area contributed by atoms with Gasteiger partial charge in [0.25, 0.3) is 0 Å². The number of hydrogen-bond donors (Lipinski definition) is 1. The monoisotopic (exact) mass is 211 g/mol. The van der Waals surface area contributed by atoms with Crippen molar-refractivity contribution in [2.75, 3.05) is 25.4 Å². The van der Waals surface area contributed by atoms with E-state index in [-0.39, 0.29) is 0 Å². The lowest BCUT2D eigenvalue weighted by Crippen LogP contribution is -2.27. The minimum atomic E-state index is 0.567. The zero-order valence-electron chi connectivity index (χ0n) is 9.90. The topological polar surface area (TPSA) is 60.0 Å². The molecule has 1 aromatic rings. The van der Waals surface area contributed by atoms with E-state index in [2.05, 4.69) is 36.0 Å². The first-order valence-electron chi connectivity index (χ1n) is 5.63. The fourth-order valence-corrected chi connectivity index (χ4v) is 1.67. The molecule has 2 N–H and O–H groups in total. The largest absolute Gasteiger partial charge is 0.381 e. The molecule has 0 bridgehead atoms. The van der Waals surface area contributed by atoms with Gasteiger partial charge in [-0.1, -0.05) is 26.0 Å². The minimum Gasteiger partial charge on any atom is -0.381 e. The third-order valence-corrected chi connectivity index (χ3v) is 2.73. The van der Waals surface area contributed by atoms with Gasteiger partial charge in [0.15, 0.2) is 5.82 Å². The molecule has 0 unspecified atom stereocenters. The summed E-state index contributed by atoms with van der Waals surface area (Å²) in [6.07, 6.45) is 0.886. The molecule has 0 atom stereocenters. The second-order valence-electron chi connectivity index (χ2n) is 3.52. The smallest absolute Gasteiger partial charge is 0.169 e. The third-order valence-electron chi connectivity index (χ3n) is 2.73. The molecule has 1 aromatic heterocycles. The molecule has 1 heterocycles. The summed E-state index contributed by atoms with van der Waals surface area (Å²) in [5, 5.41) is 7.93. The van der Waals surface area contributed by atoms with E-state index in [0.717, 1.165) is 38.3 Å². The fourth-order valence-electron chi connectivity index (χ4n) is 1.67. The highest BCUT2D eigenvalue weighted by atomic mass is 15.4. The Hall–Kier alpha value is -1.10. The van der Waals surface area contributed by atoms with Crippen molar-refractivity contribution in [3.8, 4) is 0 Å². The molecular weight excluding hydrogens is 190 g/mol. The quantitative estimate of drug-likeness (QED) is 0.755. The van der Waals surface area contributed by atoms with Gasteiger partial charge in [0, 0.05) is 6.54 Å². The summed E-state index contributed by atoms with van der Waals surface area (Å²) in [6, 6.07) is 0. The van der Waals surface area contributed by atoms with Crippen LogP contribution in [-0.4, -0.2) is 39.5 Å². The van der Waals surface area contributed by atoms with Gasteiger partial charge in [-0.05, 0) is 19.5 Å².